The molecule has 1 heterocycles. The van der Waals surface area contributed by atoms with Crippen molar-refractivity contribution in [2.24, 2.45) is 0 Å². The van der Waals surface area contributed by atoms with Crippen molar-refractivity contribution in [2.75, 3.05) is 0 Å². The predicted octanol–water partition coefficient (Wildman–Crippen LogP) is 10.4. The fourth-order valence-electron chi connectivity index (χ4n) is 5.26. The zero-order valence-corrected chi connectivity index (χ0v) is 23.9. The van der Waals surface area contributed by atoms with Crippen molar-refractivity contribution in [1.82, 2.24) is 4.57 Å². The van der Waals surface area contributed by atoms with E-state index in [0.29, 0.717) is 0 Å². The van der Waals surface area contributed by atoms with E-state index in [0.717, 1.165) is 0 Å². The molecule has 0 saturated heterocycles. The third kappa shape index (κ3) is 16.8. The van der Waals surface area contributed by atoms with Gasteiger partial charge in [-0.05, 0) is 32.1 Å². The lowest BCUT2D eigenvalue weighted by Crippen LogP contribution is -2.37. The molecule has 0 bridgehead atoms. The first kappa shape index (κ1) is 31.2. The van der Waals surface area contributed by atoms with Gasteiger partial charge in [0, 0.05) is 6.42 Å². The summed E-state index contributed by atoms with van der Waals surface area (Å²) in [7, 11) is 0. The lowest BCUT2D eigenvalue weighted by Gasteiger charge is -2.06. The van der Waals surface area contributed by atoms with Crippen LogP contribution in [0, 0.1) is 0 Å². The summed E-state index contributed by atoms with van der Waals surface area (Å²) in [5.41, 5.74) is 0. The zero-order chi connectivity index (χ0) is 24.5. The lowest BCUT2D eigenvalue weighted by molar-refractivity contribution is -0.704. The summed E-state index contributed by atoms with van der Waals surface area (Å²) in [6, 6.07) is 0. The Labute approximate surface area is 215 Å². The van der Waals surface area contributed by atoms with Gasteiger partial charge in [0.15, 0.2) is 0 Å². The maximum atomic E-state index is 2.59. The Morgan fingerprint density at radius 2 is 0.912 bits per heavy atom. The van der Waals surface area contributed by atoms with Crippen LogP contribution in [0.25, 0.3) is 0 Å². The highest BCUT2D eigenvalue weighted by molar-refractivity contribution is 4.84. The van der Waals surface area contributed by atoms with Gasteiger partial charge in [0.2, 0.25) is 0 Å². The highest BCUT2D eigenvalue weighted by atomic mass is 15.1. The molecule has 0 aliphatic rings. The molecule has 0 spiro atoms. The summed E-state index contributed by atoms with van der Waals surface area (Å²) in [6.07, 6.45) is 38.5. The third-order valence-corrected chi connectivity index (χ3v) is 7.60. The molecular formula is C32H63N2+. The number of hydrogen-bond acceptors (Lipinski definition) is 0. The average molecular weight is 476 g/mol. The molecule has 0 radical (unpaired) electrons. The summed E-state index contributed by atoms with van der Waals surface area (Å²) >= 11 is 0. The van der Waals surface area contributed by atoms with Crippen LogP contribution in [0.1, 0.15) is 174 Å². The SMILES string of the molecule is CCCCCCCCCCCCCn1cc[n+](CCCCCCCCCCC)c1CCCCC. The normalized spacial score (nSPS) is 11.5. The number of imidazole rings is 1. The Kier molecular flexibility index (Phi) is 22.0. The molecule has 1 aromatic rings. The standard InChI is InChI=1S/C32H63N2/c1-4-7-10-12-14-16-17-19-21-23-26-29-34-31-30-33(32(34)27-24-9-6-3)28-25-22-20-18-15-13-11-8-5-2/h30-31H,4-29H2,1-3H3/q+1. The summed E-state index contributed by atoms with van der Waals surface area (Å²) < 4.78 is 5.19. The first-order valence-corrected chi connectivity index (χ1v) is 15.9. The quantitative estimate of drug-likeness (QED) is 0.0930. The van der Waals surface area contributed by atoms with Crippen molar-refractivity contribution < 1.29 is 4.57 Å². The topological polar surface area (TPSA) is 8.81 Å². The molecule has 200 valence electrons. The Morgan fingerprint density at radius 1 is 0.500 bits per heavy atom. The van der Waals surface area contributed by atoms with E-state index in [1.807, 2.05) is 0 Å². The number of aryl methyl sites for hydroxylation is 2. The average Bonchev–Trinajstić information content (AvgIpc) is 3.23. The number of unbranched alkanes of at least 4 members (excludes halogenated alkanes) is 20. The summed E-state index contributed by atoms with van der Waals surface area (Å²) in [5, 5.41) is 0. The second-order valence-corrected chi connectivity index (χ2v) is 10.9. The maximum Gasteiger partial charge on any atom is 0.256 e. The molecule has 2 heteroatoms. The monoisotopic (exact) mass is 475 g/mol. The molecule has 0 aliphatic heterocycles. The van der Waals surface area contributed by atoms with E-state index in [-0.39, 0.29) is 0 Å². The van der Waals surface area contributed by atoms with Crippen LogP contribution < -0.4 is 4.57 Å². The summed E-state index contributed by atoms with van der Waals surface area (Å²) in [5.74, 6) is 1.60. The Balaban J connectivity index is 2.23. The first-order valence-electron chi connectivity index (χ1n) is 15.9. The molecule has 0 aliphatic carbocycles. The maximum absolute atomic E-state index is 2.59. The molecule has 0 atom stereocenters. The zero-order valence-electron chi connectivity index (χ0n) is 23.9. The Bertz CT molecular complexity index is 533. The van der Waals surface area contributed by atoms with E-state index in [4.69, 9.17) is 0 Å². The second kappa shape index (κ2) is 23.9. The Hall–Kier alpha value is -0.790. The van der Waals surface area contributed by atoms with Crippen LogP contribution in [-0.4, -0.2) is 4.57 Å². The van der Waals surface area contributed by atoms with Gasteiger partial charge in [0.25, 0.3) is 5.82 Å². The lowest BCUT2D eigenvalue weighted by atomic mass is 10.1. The minimum Gasteiger partial charge on any atom is -0.234 e. The van der Waals surface area contributed by atoms with E-state index < -0.39 is 0 Å². The molecular weight excluding hydrogens is 412 g/mol. The highest BCUT2D eigenvalue weighted by Gasteiger charge is 2.16. The van der Waals surface area contributed by atoms with Crippen LogP contribution in [0.2, 0.25) is 0 Å². The van der Waals surface area contributed by atoms with Crippen LogP contribution >= 0.6 is 0 Å². The van der Waals surface area contributed by atoms with Crippen LogP contribution in [0.4, 0.5) is 0 Å². The molecule has 34 heavy (non-hydrogen) atoms. The second-order valence-electron chi connectivity index (χ2n) is 10.9. The van der Waals surface area contributed by atoms with Crippen molar-refractivity contribution in [3.8, 4) is 0 Å². The van der Waals surface area contributed by atoms with Crippen molar-refractivity contribution in [3.05, 3.63) is 18.2 Å². The fourth-order valence-corrected chi connectivity index (χ4v) is 5.26. The van der Waals surface area contributed by atoms with Gasteiger partial charge in [-0.1, -0.05) is 136 Å². The van der Waals surface area contributed by atoms with Crippen molar-refractivity contribution >= 4 is 0 Å². The van der Waals surface area contributed by atoms with E-state index in [1.165, 1.54) is 167 Å². The highest BCUT2D eigenvalue weighted by Crippen LogP contribution is 2.13. The van der Waals surface area contributed by atoms with E-state index >= 15 is 0 Å². The first-order chi connectivity index (χ1) is 16.8. The van der Waals surface area contributed by atoms with Gasteiger partial charge in [-0.25, -0.2) is 9.13 Å². The van der Waals surface area contributed by atoms with Crippen LogP contribution in [0.5, 0.6) is 0 Å². The number of rotatable bonds is 26. The molecule has 0 amide bonds. The summed E-state index contributed by atoms with van der Waals surface area (Å²) in [4.78, 5) is 0. The van der Waals surface area contributed by atoms with Crippen molar-refractivity contribution in [2.45, 2.75) is 188 Å². The van der Waals surface area contributed by atoms with Crippen LogP contribution in [-0.2, 0) is 19.5 Å². The molecule has 0 fully saturated rings. The third-order valence-electron chi connectivity index (χ3n) is 7.60. The van der Waals surface area contributed by atoms with Crippen molar-refractivity contribution in [1.29, 1.82) is 0 Å². The van der Waals surface area contributed by atoms with Crippen LogP contribution in [0.3, 0.4) is 0 Å². The molecule has 0 unspecified atom stereocenters. The molecule has 0 aromatic carbocycles. The van der Waals surface area contributed by atoms with Gasteiger partial charge in [0.1, 0.15) is 12.4 Å². The van der Waals surface area contributed by atoms with Gasteiger partial charge < -0.3 is 0 Å². The number of aromatic nitrogens is 2. The summed E-state index contributed by atoms with van der Waals surface area (Å²) in [6.45, 7) is 9.38. The van der Waals surface area contributed by atoms with Crippen LogP contribution in [0.15, 0.2) is 12.4 Å². The minimum atomic E-state index is 1.22. The minimum absolute atomic E-state index is 1.22. The van der Waals surface area contributed by atoms with Gasteiger partial charge in [-0.3, -0.25) is 0 Å². The number of hydrogen-bond donors (Lipinski definition) is 0. The molecule has 2 nitrogen and oxygen atoms in total. The fraction of sp³-hybridized carbons (Fsp3) is 0.906. The smallest absolute Gasteiger partial charge is 0.234 e. The number of nitrogens with zero attached hydrogens (tertiary/aromatic N) is 2. The van der Waals surface area contributed by atoms with E-state index in [9.17, 15) is 0 Å². The molecule has 1 aromatic heterocycles. The largest absolute Gasteiger partial charge is 0.256 e. The molecule has 0 saturated carbocycles. The molecule has 0 N–H and O–H groups in total. The van der Waals surface area contributed by atoms with Gasteiger partial charge in [0.05, 0.1) is 13.1 Å². The Morgan fingerprint density at radius 3 is 1.41 bits per heavy atom. The van der Waals surface area contributed by atoms with Gasteiger partial charge >= 0.3 is 0 Å². The van der Waals surface area contributed by atoms with Gasteiger partial charge in [-0.2, -0.15) is 0 Å². The van der Waals surface area contributed by atoms with E-state index in [1.54, 1.807) is 5.82 Å². The van der Waals surface area contributed by atoms with Gasteiger partial charge in [-0.15, -0.1) is 0 Å². The van der Waals surface area contributed by atoms with E-state index in [2.05, 4.69) is 42.3 Å². The predicted molar refractivity (Wildman–Crippen MR) is 152 cm³/mol. The van der Waals surface area contributed by atoms with Crippen molar-refractivity contribution in [3.63, 3.8) is 0 Å². The molecule has 1 rings (SSSR count).